The maximum absolute atomic E-state index is 11.0. The summed E-state index contributed by atoms with van der Waals surface area (Å²) < 4.78 is 25.1. The van der Waals surface area contributed by atoms with Crippen molar-refractivity contribution >= 4 is 5.97 Å². The van der Waals surface area contributed by atoms with Crippen molar-refractivity contribution in [2.24, 2.45) is 0 Å². The van der Waals surface area contributed by atoms with Crippen LogP contribution < -0.4 is 0 Å². The van der Waals surface area contributed by atoms with Crippen LogP contribution in [0.4, 0.5) is 0 Å². The lowest BCUT2D eigenvalue weighted by Crippen LogP contribution is -2.29. The van der Waals surface area contributed by atoms with Crippen LogP contribution in [0.5, 0.6) is 0 Å². The maximum Gasteiger partial charge on any atom is 0.311 e. The van der Waals surface area contributed by atoms with Crippen molar-refractivity contribution in [1.82, 2.24) is 0 Å². The molecule has 0 radical (unpaired) electrons. The molecular weight excluding hydrogens is 240 g/mol. The van der Waals surface area contributed by atoms with Crippen LogP contribution in [0.3, 0.4) is 0 Å². The summed E-state index contributed by atoms with van der Waals surface area (Å²) in [7, 11) is 0. The molecule has 0 aliphatic carbocycles. The molecule has 0 aromatic rings. The molecule has 6 heteroatoms. The Morgan fingerprint density at radius 1 is 1.22 bits per heavy atom. The average molecular weight is 262 g/mol. The minimum atomic E-state index is -0.758. The van der Waals surface area contributed by atoms with Crippen LogP contribution in [0, 0.1) is 0 Å². The molecule has 2 aliphatic rings. The highest BCUT2D eigenvalue weighted by atomic mass is 16.7. The van der Waals surface area contributed by atoms with Crippen molar-refractivity contribution in [3.05, 3.63) is 0 Å². The molecule has 0 unspecified atom stereocenters. The van der Waals surface area contributed by atoms with E-state index in [2.05, 4.69) is 0 Å². The zero-order chi connectivity index (χ0) is 13.4. The van der Waals surface area contributed by atoms with Crippen molar-refractivity contribution in [2.75, 3.05) is 33.0 Å². The number of rotatable bonds is 3. The normalized spacial score (nSPS) is 22.4. The second-order valence-corrected chi connectivity index (χ2v) is 4.12. The summed E-state index contributed by atoms with van der Waals surface area (Å²) in [5, 5.41) is 0. The van der Waals surface area contributed by atoms with E-state index in [1.165, 1.54) is 0 Å². The Bertz CT molecular complexity index is 243. The number of carbonyl (C=O) groups excluding carboxylic acids is 1. The van der Waals surface area contributed by atoms with E-state index >= 15 is 0 Å². The topological polar surface area (TPSA) is 63.2 Å². The summed E-state index contributed by atoms with van der Waals surface area (Å²) in [6, 6.07) is 0. The van der Waals surface area contributed by atoms with Crippen LogP contribution in [-0.4, -0.2) is 51.1 Å². The van der Waals surface area contributed by atoms with Crippen LogP contribution in [0.1, 0.15) is 27.2 Å². The SMILES string of the molecule is CC1OCCO1.CCOC(=O)CC1(C)OCCO1. The second kappa shape index (κ2) is 7.68. The molecule has 0 N–H and O–H groups in total. The summed E-state index contributed by atoms with van der Waals surface area (Å²) >= 11 is 0. The van der Waals surface area contributed by atoms with E-state index < -0.39 is 5.79 Å². The van der Waals surface area contributed by atoms with Gasteiger partial charge in [0.2, 0.25) is 0 Å². The number of hydrogen-bond donors (Lipinski definition) is 0. The fourth-order valence-electron chi connectivity index (χ4n) is 1.61. The minimum Gasteiger partial charge on any atom is -0.466 e. The van der Waals surface area contributed by atoms with Crippen LogP contribution in [0.15, 0.2) is 0 Å². The van der Waals surface area contributed by atoms with Crippen LogP contribution >= 0.6 is 0 Å². The Kier molecular flexibility index (Phi) is 6.56. The summed E-state index contributed by atoms with van der Waals surface area (Å²) in [6.07, 6.45) is 0.214. The number of carbonyl (C=O) groups is 1. The molecule has 0 bridgehead atoms. The third-order valence-electron chi connectivity index (χ3n) is 2.46. The van der Waals surface area contributed by atoms with Gasteiger partial charge in [-0.25, -0.2) is 0 Å². The Morgan fingerprint density at radius 3 is 2.17 bits per heavy atom. The van der Waals surface area contributed by atoms with Crippen LogP contribution in [0.25, 0.3) is 0 Å². The maximum atomic E-state index is 11.0. The molecular formula is C12H22O6. The van der Waals surface area contributed by atoms with E-state index in [4.69, 9.17) is 23.7 Å². The lowest BCUT2D eigenvalue weighted by Gasteiger charge is -2.20. The molecule has 106 valence electrons. The third kappa shape index (κ3) is 5.77. The molecule has 0 spiro atoms. The highest BCUT2D eigenvalue weighted by Crippen LogP contribution is 2.22. The Labute approximate surface area is 107 Å². The van der Waals surface area contributed by atoms with Gasteiger partial charge in [0.25, 0.3) is 0 Å². The summed E-state index contributed by atoms with van der Waals surface area (Å²) in [5.74, 6) is -1.03. The second-order valence-electron chi connectivity index (χ2n) is 4.12. The number of hydrogen-bond acceptors (Lipinski definition) is 6. The van der Waals surface area contributed by atoms with Crippen LogP contribution in [-0.2, 0) is 28.5 Å². The van der Waals surface area contributed by atoms with Crippen molar-refractivity contribution < 1.29 is 28.5 Å². The fraction of sp³-hybridized carbons (Fsp3) is 0.917. The van der Waals surface area contributed by atoms with Gasteiger partial charge in [0.15, 0.2) is 12.1 Å². The quantitative estimate of drug-likeness (QED) is 0.709. The standard InChI is InChI=1S/C8H14O4.C4H8O2/c1-3-10-7(9)6-8(2)11-4-5-12-8;1-4-5-2-3-6-4/h3-6H2,1-2H3;4H,2-3H2,1H3. The monoisotopic (exact) mass is 262 g/mol. The van der Waals surface area contributed by atoms with Gasteiger partial charge in [-0.2, -0.15) is 0 Å². The first-order valence-electron chi connectivity index (χ1n) is 6.22. The van der Waals surface area contributed by atoms with Gasteiger partial charge in [0.1, 0.15) is 0 Å². The van der Waals surface area contributed by atoms with Gasteiger partial charge in [0.05, 0.1) is 39.5 Å². The van der Waals surface area contributed by atoms with Gasteiger partial charge in [-0.05, 0) is 20.8 Å². The molecule has 2 saturated heterocycles. The van der Waals surface area contributed by atoms with Gasteiger partial charge < -0.3 is 23.7 Å². The molecule has 0 atom stereocenters. The molecule has 0 amide bonds. The Hall–Kier alpha value is -0.690. The van der Waals surface area contributed by atoms with Crippen molar-refractivity contribution in [3.63, 3.8) is 0 Å². The molecule has 0 aromatic heterocycles. The molecule has 2 fully saturated rings. The van der Waals surface area contributed by atoms with E-state index in [1.54, 1.807) is 13.8 Å². The van der Waals surface area contributed by atoms with E-state index in [9.17, 15) is 4.79 Å². The predicted octanol–water partition coefficient (Wildman–Crippen LogP) is 1.08. The van der Waals surface area contributed by atoms with Crippen molar-refractivity contribution in [3.8, 4) is 0 Å². The lowest BCUT2D eigenvalue weighted by molar-refractivity contribution is -0.174. The fourth-order valence-corrected chi connectivity index (χ4v) is 1.61. The van der Waals surface area contributed by atoms with Gasteiger partial charge >= 0.3 is 5.97 Å². The lowest BCUT2D eigenvalue weighted by atomic mass is 10.2. The number of ether oxygens (including phenoxy) is 5. The summed E-state index contributed by atoms with van der Waals surface area (Å²) in [6.45, 7) is 8.45. The molecule has 2 heterocycles. The highest BCUT2D eigenvalue weighted by molar-refractivity contribution is 5.70. The summed E-state index contributed by atoms with van der Waals surface area (Å²) in [4.78, 5) is 11.0. The largest absolute Gasteiger partial charge is 0.466 e. The molecule has 18 heavy (non-hydrogen) atoms. The van der Waals surface area contributed by atoms with Crippen molar-refractivity contribution in [2.45, 2.75) is 39.3 Å². The van der Waals surface area contributed by atoms with Crippen LogP contribution in [0.2, 0.25) is 0 Å². The molecule has 6 nitrogen and oxygen atoms in total. The zero-order valence-electron chi connectivity index (χ0n) is 11.3. The first-order chi connectivity index (χ1) is 8.56. The van der Waals surface area contributed by atoms with Gasteiger partial charge in [-0.3, -0.25) is 4.79 Å². The van der Waals surface area contributed by atoms with E-state index in [0.29, 0.717) is 19.8 Å². The molecule has 0 aromatic carbocycles. The van der Waals surface area contributed by atoms with Crippen molar-refractivity contribution in [1.29, 1.82) is 0 Å². The van der Waals surface area contributed by atoms with E-state index in [1.807, 2.05) is 6.92 Å². The van der Waals surface area contributed by atoms with E-state index in [-0.39, 0.29) is 18.7 Å². The summed E-state index contributed by atoms with van der Waals surface area (Å²) in [5.41, 5.74) is 0. The average Bonchev–Trinajstić information content (AvgIpc) is 2.91. The molecule has 2 rings (SSSR count). The van der Waals surface area contributed by atoms with Gasteiger partial charge in [-0.15, -0.1) is 0 Å². The highest BCUT2D eigenvalue weighted by Gasteiger charge is 2.34. The molecule has 0 saturated carbocycles. The number of esters is 1. The predicted molar refractivity (Wildman–Crippen MR) is 62.9 cm³/mol. The van der Waals surface area contributed by atoms with Gasteiger partial charge in [0, 0.05) is 0 Å². The van der Waals surface area contributed by atoms with E-state index in [0.717, 1.165) is 13.2 Å². The first-order valence-corrected chi connectivity index (χ1v) is 6.22. The molecule has 2 aliphatic heterocycles. The zero-order valence-corrected chi connectivity index (χ0v) is 11.3. The van der Waals surface area contributed by atoms with Gasteiger partial charge in [-0.1, -0.05) is 0 Å². The third-order valence-corrected chi connectivity index (χ3v) is 2.46. The smallest absolute Gasteiger partial charge is 0.311 e. The Balaban J connectivity index is 0.000000225. The minimum absolute atomic E-state index is 0.0463. The first kappa shape index (κ1) is 15.4. The Morgan fingerprint density at radius 2 is 1.78 bits per heavy atom.